The summed E-state index contributed by atoms with van der Waals surface area (Å²) in [5.41, 5.74) is 1.92. The molecule has 1 heterocycles. The highest BCUT2D eigenvalue weighted by Gasteiger charge is 2.05. The zero-order valence-corrected chi connectivity index (χ0v) is 8.12. The quantitative estimate of drug-likeness (QED) is 0.723. The van der Waals surface area contributed by atoms with Crippen molar-refractivity contribution < 1.29 is 5.11 Å². The van der Waals surface area contributed by atoms with Crippen molar-refractivity contribution in [2.24, 2.45) is 0 Å². The molecule has 0 saturated heterocycles. The maximum Gasteiger partial charge on any atom is 0.0929 e. The second kappa shape index (κ2) is 4.94. The van der Waals surface area contributed by atoms with Crippen molar-refractivity contribution in [2.75, 3.05) is 13.6 Å². The van der Waals surface area contributed by atoms with Gasteiger partial charge in [-0.2, -0.15) is 0 Å². The fourth-order valence-electron chi connectivity index (χ4n) is 1.15. The second-order valence-electron chi connectivity index (χ2n) is 3.01. The molecule has 13 heavy (non-hydrogen) atoms. The lowest BCUT2D eigenvalue weighted by molar-refractivity contribution is 0.177. The summed E-state index contributed by atoms with van der Waals surface area (Å²) in [6.45, 7) is 2.62. The van der Waals surface area contributed by atoms with Crippen LogP contribution in [0.2, 0.25) is 0 Å². The number of rotatable bonds is 4. The molecule has 1 aromatic rings. The Morgan fingerprint density at radius 3 is 2.77 bits per heavy atom. The third-order valence-electron chi connectivity index (χ3n) is 1.99. The minimum absolute atomic E-state index is 0.455. The van der Waals surface area contributed by atoms with Crippen LogP contribution in [-0.4, -0.2) is 23.7 Å². The van der Waals surface area contributed by atoms with E-state index in [0.29, 0.717) is 6.54 Å². The van der Waals surface area contributed by atoms with Crippen LogP contribution in [0.1, 0.15) is 24.3 Å². The summed E-state index contributed by atoms with van der Waals surface area (Å²) in [6, 6.07) is 3.88. The minimum atomic E-state index is -0.455. The number of pyridine rings is 1. The molecule has 0 radical (unpaired) electrons. The molecule has 0 spiro atoms. The lowest BCUT2D eigenvalue weighted by Gasteiger charge is -2.09. The number of likely N-dealkylation sites (N-methyl/N-ethyl adjacent to an activating group) is 1. The molecule has 1 rings (SSSR count). The molecule has 0 aromatic carbocycles. The highest BCUT2D eigenvalue weighted by atomic mass is 16.3. The number of aliphatic hydroxyl groups excluding tert-OH is 1. The largest absolute Gasteiger partial charge is 0.387 e. The fraction of sp³-hybridized carbons (Fsp3) is 0.500. The van der Waals surface area contributed by atoms with Crippen LogP contribution in [0.25, 0.3) is 0 Å². The van der Waals surface area contributed by atoms with E-state index in [1.165, 1.54) is 0 Å². The zero-order chi connectivity index (χ0) is 9.68. The van der Waals surface area contributed by atoms with Gasteiger partial charge in [0.2, 0.25) is 0 Å². The average Bonchev–Trinajstić information content (AvgIpc) is 2.18. The van der Waals surface area contributed by atoms with Crippen LogP contribution in [0.4, 0.5) is 0 Å². The Morgan fingerprint density at radius 2 is 2.31 bits per heavy atom. The van der Waals surface area contributed by atoms with Gasteiger partial charge in [-0.1, -0.05) is 13.0 Å². The molecule has 1 unspecified atom stereocenters. The van der Waals surface area contributed by atoms with Crippen LogP contribution in [0.5, 0.6) is 0 Å². The molecule has 1 atom stereocenters. The maximum atomic E-state index is 9.58. The third kappa shape index (κ3) is 2.79. The van der Waals surface area contributed by atoms with Gasteiger partial charge in [0.25, 0.3) is 0 Å². The first-order valence-corrected chi connectivity index (χ1v) is 4.55. The van der Waals surface area contributed by atoms with Gasteiger partial charge in [0.1, 0.15) is 0 Å². The van der Waals surface area contributed by atoms with Crippen molar-refractivity contribution in [1.82, 2.24) is 10.3 Å². The fourth-order valence-corrected chi connectivity index (χ4v) is 1.15. The lowest BCUT2D eigenvalue weighted by Crippen LogP contribution is -2.16. The molecule has 3 heteroatoms. The monoisotopic (exact) mass is 180 g/mol. The van der Waals surface area contributed by atoms with Gasteiger partial charge in [-0.25, -0.2) is 0 Å². The van der Waals surface area contributed by atoms with Crippen LogP contribution in [0, 0.1) is 0 Å². The summed E-state index contributed by atoms with van der Waals surface area (Å²) in [7, 11) is 1.82. The first kappa shape index (κ1) is 10.2. The second-order valence-corrected chi connectivity index (χ2v) is 3.01. The molecular weight excluding hydrogens is 164 g/mol. The van der Waals surface area contributed by atoms with Gasteiger partial charge < -0.3 is 10.4 Å². The van der Waals surface area contributed by atoms with Gasteiger partial charge in [-0.05, 0) is 19.5 Å². The van der Waals surface area contributed by atoms with E-state index in [4.69, 9.17) is 0 Å². The number of hydrogen-bond acceptors (Lipinski definition) is 3. The Hall–Kier alpha value is -0.930. The predicted octanol–water partition coefficient (Wildman–Crippen LogP) is 0.897. The summed E-state index contributed by atoms with van der Waals surface area (Å²) in [5.74, 6) is 0. The van der Waals surface area contributed by atoms with E-state index in [0.717, 1.165) is 17.7 Å². The van der Waals surface area contributed by atoms with E-state index in [9.17, 15) is 5.11 Å². The van der Waals surface area contributed by atoms with Gasteiger partial charge in [-0.15, -0.1) is 0 Å². The number of nitrogens with zero attached hydrogens (tertiary/aromatic N) is 1. The Bertz CT molecular complexity index is 246. The molecular formula is C10H16N2O. The molecule has 0 aliphatic carbocycles. The van der Waals surface area contributed by atoms with Crippen molar-refractivity contribution in [2.45, 2.75) is 19.4 Å². The van der Waals surface area contributed by atoms with E-state index in [2.05, 4.69) is 17.2 Å². The first-order valence-electron chi connectivity index (χ1n) is 4.55. The zero-order valence-electron chi connectivity index (χ0n) is 8.12. The Labute approximate surface area is 78.8 Å². The molecule has 72 valence electrons. The molecule has 0 aliphatic heterocycles. The minimum Gasteiger partial charge on any atom is -0.387 e. The van der Waals surface area contributed by atoms with Crippen molar-refractivity contribution in [3.05, 3.63) is 29.6 Å². The standard InChI is InChI=1S/C10H16N2O/c1-3-9-5-4-8(6-12-9)10(13)7-11-2/h4-6,10-11,13H,3,7H2,1-2H3. The molecule has 0 amide bonds. The predicted molar refractivity (Wildman–Crippen MR) is 52.5 cm³/mol. The number of aryl methyl sites for hydroxylation is 1. The summed E-state index contributed by atoms with van der Waals surface area (Å²) in [5, 5.41) is 12.5. The highest BCUT2D eigenvalue weighted by Crippen LogP contribution is 2.10. The molecule has 0 fully saturated rings. The molecule has 1 aromatic heterocycles. The molecule has 0 bridgehead atoms. The summed E-state index contributed by atoms with van der Waals surface area (Å²) in [4.78, 5) is 4.21. The van der Waals surface area contributed by atoms with Crippen LogP contribution >= 0.6 is 0 Å². The average molecular weight is 180 g/mol. The number of aliphatic hydroxyl groups is 1. The summed E-state index contributed by atoms with van der Waals surface area (Å²) in [6.07, 6.45) is 2.21. The van der Waals surface area contributed by atoms with Crippen molar-refractivity contribution >= 4 is 0 Å². The molecule has 0 aliphatic rings. The van der Waals surface area contributed by atoms with Gasteiger partial charge in [0.05, 0.1) is 6.10 Å². The van der Waals surface area contributed by atoms with Gasteiger partial charge in [-0.3, -0.25) is 4.98 Å². The van der Waals surface area contributed by atoms with E-state index in [-0.39, 0.29) is 0 Å². The number of nitrogens with one attached hydrogen (secondary N) is 1. The van der Waals surface area contributed by atoms with Crippen molar-refractivity contribution in [1.29, 1.82) is 0 Å². The van der Waals surface area contributed by atoms with Gasteiger partial charge >= 0.3 is 0 Å². The summed E-state index contributed by atoms with van der Waals surface area (Å²) < 4.78 is 0. The first-order chi connectivity index (χ1) is 6.27. The number of aromatic nitrogens is 1. The van der Waals surface area contributed by atoms with Crippen molar-refractivity contribution in [3.63, 3.8) is 0 Å². The SMILES string of the molecule is CCc1ccc(C(O)CNC)cn1. The van der Waals surface area contributed by atoms with E-state index < -0.39 is 6.10 Å². The smallest absolute Gasteiger partial charge is 0.0929 e. The van der Waals surface area contributed by atoms with Crippen molar-refractivity contribution in [3.8, 4) is 0 Å². The van der Waals surface area contributed by atoms with E-state index >= 15 is 0 Å². The molecule has 2 N–H and O–H groups in total. The maximum absolute atomic E-state index is 9.58. The highest BCUT2D eigenvalue weighted by molar-refractivity contribution is 5.16. The third-order valence-corrected chi connectivity index (χ3v) is 1.99. The molecule has 0 saturated carbocycles. The van der Waals surface area contributed by atoms with Gasteiger partial charge in [0.15, 0.2) is 0 Å². The van der Waals surface area contributed by atoms with E-state index in [1.54, 1.807) is 6.20 Å². The van der Waals surface area contributed by atoms with Crippen LogP contribution in [-0.2, 0) is 6.42 Å². The van der Waals surface area contributed by atoms with Crippen LogP contribution in [0.3, 0.4) is 0 Å². The Kier molecular flexibility index (Phi) is 3.86. The summed E-state index contributed by atoms with van der Waals surface area (Å²) >= 11 is 0. The van der Waals surface area contributed by atoms with Crippen LogP contribution in [0.15, 0.2) is 18.3 Å². The number of hydrogen-bond donors (Lipinski definition) is 2. The van der Waals surface area contributed by atoms with Gasteiger partial charge in [0, 0.05) is 24.0 Å². The lowest BCUT2D eigenvalue weighted by atomic mass is 10.1. The Morgan fingerprint density at radius 1 is 1.54 bits per heavy atom. The van der Waals surface area contributed by atoms with Crippen LogP contribution < -0.4 is 5.32 Å². The molecule has 3 nitrogen and oxygen atoms in total. The van der Waals surface area contributed by atoms with E-state index in [1.807, 2.05) is 19.2 Å². The Balaban J connectivity index is 2.67. The normalized spacial score (nSPS) is 12.8. The topological polar surface area (TPSA) is 45.1 Å².